The summed E-state index contributed by atoms with van der Waals surface area (Å²) < 4.78 is 5.71. The Bertz CT molecular complexity index is 571. The fraction of sp³-hybridized carbons (Fsp3) is 0.714. The van der Waals surface area contributed by atoms with Crippen molar-refractivity contribution in [3.63, 3.8) is 0 Å². The Morgan fingerprint density at radius 2 is 2.27 bits per heavy atom. The number of carbonyl (C=O) groups excluding carboxylic acids is 2. The molecule has 0 aliphatic carbocycles. The Morgan fingerprint density at radius 1 is 1.45 bits per heavy atom. The molecule has 3 rings (SSSR count). The molecule has 2 aliphatic rings. The molecule has 0 saturated carbocycles. The molecule has 2 N–H and O–H groups in total. The van der Waals surface area contributed by atoms with Gasteiger partial charge in [-0.3, -0.25) is 14.7 Å². The molecule has 2 fully saturated rings. The summed E-state index contributed by atoms with van der Waals surface area (Å²) in [6, 6.07) is -0.396. The lowest BCUT2D eigenvalue weighted by Gasteiger charge is -2.33. The number of amides is 2. The molecule has 3 heterocycles. The molecule has 22 heavy (non-hydrogen) atoms. The van der Waals surface area contributed by atoms with Gasteiger partial charge in [-0.1, -0.05) is 13.8 Å². The van der Waals surface area contributed by atoms with Crippen molar-refractivity contribution in [3.05, 3.63) is 11.6 Å². The standard InChI is InChI=1S/C14H21N5O3/c1-8(2)12-16-13(18-17-12)10-7-19(5-6-22-10)14(21)9-3-4-11(20)15-9/h8-10H,3-7H2,1-2H3,(H,15,20)(H,16,17,18)/t9-,10-/m0/s1. The Morgan fingerprint density at radius 3 is 2.91 bits per heavy atom. The van der Waals surface area contributed by atoms with Crippen LogP contribution in [0.3, 0.4) is 0 Å². The third-order valence-corrected chi connectivity index (χ3v) is 4.01. The molecule has 2 saturated heterocycles. The lowest BCUT2D eigenvalue weighted by Crippen LogP contribution is -2.49. The summed E-state index contributed by atoms with van der Waals surface area (Å²) in [5.41, 5.74) is 0. The van der Waals surface area contributed by atoms with Gasteiger partial charge in [-0.25, -0.2) is 4.98 Å². The van der Waals surface area contributed by atoms with Gasteiger partial charge >= 0.3 is 0 Å². The van der Waals surface area contributed by atoms with Crippen molar-refractivity contribution >= 4 is 11.8 Å². The summed E-state index contributed by atoms with van der Waals surface area (Å²) in [5.74, 6) is 1.53. The van der Waals surface area contributed by atoms with Crippen LogP contribution in [0.1, 0.15) is 50.4 Å². The highest BCUT2D eigenvalue weighted by atomic mass is 16.5. The molecule has 120 valence electrons. The second kappa shape index (κ2) is 6.04. The van der Waals surface area contributed by atoms with Crippen molar-refractivity contribution in [2.75, 3.05) is 19.7 Å². The minimum atomic E-state index is -0.396. The number of nitrogens with one attached hydrogen (secondary N) is 2. The van der Waals surface area contributed by atoms with Gasteiger partial charge in [0.2, 0.25) is 11.8 Å². The zero-order chi connectivity index (χ0) is 15.7. The topological polar surface area (TPSA) is 100 Å². The van der Waals surface area contributed by atoms with E-state index in [0.717, 1.165) is 5.82 Å². The number of rotatable bonds is 3. The van der Waals surface area contributed by atoms with Crippen LogP contribution in [0.15, 0.2) is 0 Å². The van der Waals surface area contributed by atoms with E-state index in [0.29, 0.717) is 38.4 Å². The molecule has 0 aromatic carbocycles. The average molecular weight is 307 g/mol. The van der Waals surface area contributed by atoms with Crippen molar-refractivity contribution in [1.82, 2.24) is 25.4 Å². The molecule has 1 aromatic rings. The lowest BCUT2D eigenvalue weighted by molar-refractivity contribution is -0.142. The molecular weight excluding hydrogens is 286 g/mol. The van der Waals surface area contributed by atoms with Crippen molar-refractivity contribution < 1.29 is 14.3 Å². The number of morpholine rings is 1. The number of aromatic amines is 1. The van der Waals surface area contributed by atoms with Gasteiger partial charge in [-0.2, -0.15) is 5.10 Å². The van der Waals surface area contributed by atoms with E-state index in [-0.39, 0.29) is 23.8 Å². The number of aromatic nitrogens is 3. The van der Waals surface area contributed by atoms with Crippen LogP contribution in [0, 0.1) is 0 Å². The van der Waals surface area contributed by atoms with Gasteiger partial charge in [-0.15, -0.1) is 0 Å². The summed E-state index contributed by atoms with van der Waals surface area (Å²) in [7, 11) is 0. The first-order valence-electron chi connectivity index (χ1n) is 7.66. The van der Waals surface area contributed by atoms with Crippen molar-refractivity contribution in [2.45, 2.75) is 44.8 Å². The van der Waals surface area contributed by atoms with Crippen LogP contribution in [0.4, 0.5) is 0 Å². The van der Waals surface area contributed by atoms with E-state index in [1.165, 1.54) is 0 Å². The van der Waals surface area contributed by atoms with Crippen molar-refractivity contribution in [3.8, 4) is 0 Å². The van der Waals surface area contributed by atoms with Crippen molar-refractivity contribution in [2.24, 2.45) is 0 Å². The number of hydrogen-bond acceptors (Lipinski definition) is 5. The Kier molecular flexibility index (Phi) is 4.10. The highest BCUT2D eigenvalue weighted by Gasteiger charge is 2.34. The fourth-order valence-electron chi connectivity index (χ4n) is 2.72. The number of nitrogens with zero attached hydrogens (tertiary/aromatic N) is 3. The summed E-state index contributed by atoms with van der Waals surface area (Å²) in [6.45, 7) is 5.46. The van der Waals surface area contributed by atoms with E-state index >= 15 is 0 Å². The molecule has 2 aliphatic heterocycles. The van der Waals surface area contributed by atoms with E-state index in [1.54, 1.807) is 4.90 Å². The Hall–Kier alpha value is -1.96. The quantitative estimate of drug-likeness (QED) is 0.825. The summed E-state index contributed by atoms with van der Waals surface area (Å²) >= 11 is 0. The first-order valence-corrected chi connectivity index (χ1v) is 7.66. The first-order chi connectivity index (χ1) is 10.5. The molecule has 0 spiro atoms. The zero-order valence-corrected chi connectivity index (χ0v) is 12.8. The monoisotopic (exact) mass is 307 g/mol. The van der Waals surface area contributed by atoms with E-state index in [9.17, 15) is 9.59 Å². The van der Waals surface area contributed by atoms with Gasteiger partial charge in [0.15, 0.2) is 11.6 Å². The van der Waals surface area contributed by atoms with E-state index in [1.807, 2.05) is 13.8 Å². The molecule has 8 nitrogen and oxygen atoms in total. The van der Waals surface area contributed by atoms with E-state index in [2.05, 4.69) is 20.5 Å². The molecule has 8 heteroatoms. The summed E-state index contributed by atoms with van der Waals surface area (Å²) in [6.07, 6.45) is 0.693. The number of carbonyl (C=O) groups is 2. The Balaban J connectivity index is 1.65. The van der Waals surface area contributed by atoms with Gasteiger partial charge in [0, 0.05) is 18.9 Å². The van der Waals surface area contributed by atoms with Gasteiger partial charge in [0.05, 0.1) is 13.2 Å². The fourth-order valence-corrected chi connectivity index (χ4v) is 2.72. The lowest BCUT2D eigenvalue weighted by atomic mass is 10.1. The van der Waals surface area contributed by atoms with E-state index in [4.69, 9.17) is 4.74 Å². The molecule has 0 unspecified atom stereocenters. The van der Waals surface area contributed by atoms with E-state index < -0.39 is 6.04 Å². The predicted molar refractivity (Wildman–Crippen MR) is 76.9 cm³/mol. The maximum Gasteiger partial charge on any atom is 0.245 e. The third kappa shape index (κ3) is 2.96. The smallest absolute Gasteiger partial charge is 0.245 e. The first kappa shape index (κ1) is 15.0. The molecule has 0 bridgehead atoms. The average Bonchev–Trinajstić information content (AvgIpc) is 3.15. The molecule has 2 amide bonds. The normalized spacial score (nSPS) is 25.6. The highest BCUT2D eigenvalue weighted by molar-refractivity contribution is 5.90. The van der Waals surface area contributed by atoms with Gasteiger partial charge < -0.3 is 15.0 Å². The van der Waals surface area contributed by atoms with Crippen LogP contribution in [-0.2, 0) is 14.3 Å². The van der Waals surface area contributed by atoms with Gasteiger partial charge in [0.25, 0.3) is 0 Å². The van der Waals surface area contributed by atoms with Crippen LogP contribution >= 0.6 is 0 Å². The largest absolute Gasteiger partial charge is 0.367 e. The van der Waals surface area contributed by atoms with Crippen LogP contribution in [0.25, 0.3) is 0 Å². The number of ether oxygens (including phenoxy) is 1. The van der Waals surface area contributed by atoms with Crippen LogP contribution < -0.4 is 5.32 Å². The molecule has 1 aromatic heterocycles. The second-order valence-corrected chi connectivity index (χ2v) is 6.04. The zero-order valence-electron chi connectivity index (χ0n) is 12.8. The SMILES string of the molecule is CC(C)c1n[nH]c([C@@H]2CN(C(=O)[C@@H]3CCC(=O)N3)CCO2)n1. The highest BCUT2D eigenvalue weighted by Crippen LogP contribution is 2.22. The molecule has 2 atom stereocenters. The van der Waals surface area contributed by atoms with Gasteiger partial charge in [-0.05, 0) is 6.42 Å². The Labute approximate surface area is 128 Å². The second-order valence-electron chi connectivity index (χ2n) is 6.04. The third-order valence-electron chi connectivity index (χ3n) is 4.01. The molecule has 0 radical (unpaired) electrons. The number of hydrogen-bond donors (Lipinski definition) is 2. The van der Waals surface area contributed by atoms with Crippen LogP contribution in [0.5, 0.6) is 0 Å². The molecular formula is C14H21N5O3. The summed E-state index contributed by atoms with van der Waals surface area (Å²) in [5, 5.41) is 9.79. The maximum atomic E-state index is 12.4. The number of H-pyrrole nitrogens is 1. The maximum absolute atomic E-state index is 12.4. The van der Waals surface area contributed by atoms with Crippen LogP contribution in [-0.4, -0.2) is 57.6 Å². The minimum absolute atomic E-state index is 0.0391. The van der Waals surface area contributed by atoms with Crippen molar-refractivity contribution in [1.29, 1.82) is 0 Å². The summed E-state index contributed by atoms with van der Waals surface area (Å²) in [4.78, 5) is 29.9. The van der Waals surface area contributed by atoms with Gasteiger partial charge in [0.1, 0.15) is 12.1 Å². The van der Waals surface area contributed by atoms with Crippen LogP contribution in [0.2, 0.25) is 0 Å². The minimum Gasteiger partial charge on any atom is -0.367 e. The predicted octanol–water partition coefficient (Wildman–Crippen LogP) is 0.107.